The van der Waals surface area contributed by atoms with Crippen LogP contribution in [0.2, 0.25) is 0 Å². The van der Waals surface area contributed by atoms with Crippen molar-refractivity contribution in [1.29, 1.82) is 0 Å². The van der Waals surface area contributed by atoms with E-state index in [4.69, 9.17) is 21.1 Å². The van der Waals surface area contributed by atoms with Crippen LogP contribution in [0, 0.1) is 0 Å². The highest BCUT2D eigenvalue weighted by Crippen LogP contribution is 2.01. The Morgan fingerprint density at radius 3 is 1.03 bits per heavy atom. The van der Waals surface area contributed by atoms with Crippen LogP contribution < -0.4 is 5.73 Å². The van der Waals surface area contributed by atoms with E-state index in [0.717, 1.165) is 12.8 Å². The summed E-state index contributed by atoms with van der Waals surface area (Å²) in [5.74, 6) is -3.22. The first-order valence-corrected chi connectivity index (χ1v) is 11.2. The lowest BCUT2D eigenvalue weighted by Gasteiger charge is -2.32. The van der Waals surface area contributed by atoms with Crippen LogP contribution in [0.1, 0.15) is 26.7 Å². The van der Waals surface area contributed by atoms with Gasteiger partial charge in [0, 0.05) is 58.8 Å². The van der Waals surface area contributed by atoms with Crippen molar-refractivity contribution in [2.24, 2.45) is 5.73 Å². The molecule has 0 aromatic heterocycles. The second-order valence-corrected chi connectivity index (χ2v) is 8.20. The highest BCUT2D eigenvalue weighted by molar-refractivity contribution is 5.76. The quantitative estimate of drug-likeness (QED) is 0.274. The fourth-order valence-electron chi connectivity index (χ4n) is 3.36. The lowest BCUT2D eigenvalue weighted by Crippen LogP contribution is -2.49. The molecule has 0 spiro atoms. The van der Waals surface area contributed by atoms with Gasteiger partial charge in [-0.25, -0.2) is 0 Å². The third-order valence-electron chi connectivity index (χ3n) is 4.99. The first-order chi connectivity index (χ1) is 15.9. The van der Waals surface area contributed by atoms with E-state index in [-0.39, 0.29) is 32.0 Å². The lowest BCUT2D eigenvalue weighted by atomic mass is 10.3. The largest absolute Gasteiger partial charge is 0.480 e. The molecule has 13 nitrogen and oxygen atoms in total. The van der Waals surface area contributed by atoms with Gasteiger partial charge >= 0.3 is 17.9 Å². The van der Waals surface area contributed by atoms with E-state index in [0.29, 0.717) is 52.4 Å². The molecule has 1 aliphatic rings. The molecular formula is C21H39N5O8. The number of carboxylic acids is 3. The second-order valence-electron chi connectivity index (χ2n) is 8.20. The maximum Gasteiger partial charge on any atom is 0.317 e. The Labute approximate surface area is 200 Å². The van der Waals surface area contributed by atoms with Gasteiger partial charge in [-0.3, -0.25) is 38.8 Å². The van der Waals surface area contributed by atoms with Gasteiger partial charge in [0.2, 0.25) is 5.91 Å². The van der Waals surface area contributed by atoms with Gasteiger partial charge < -0.3 is 25.8 Å². The molecule has 0 aromatic rings. The number of carbonyl (C=O) groups excluding carboxylic acids is 2. The van der Waals surface area contributed by atoms with Crippen molar-refractivity contribution in [3.63, 3.8) is 0 Å². The number of nitrogens with zero attached hydrogens (tertiary/aromatic N) is 4. The summed E-state index contributed by atoms with van der Waals surface area (Å²) in [6, 6.07) is 0. The molecule has 0 aromatic carbocycles. The van der Waals surface area contributed by atoms with E-state index in [2.05, 4.69) is 0 Å². The van der Waals surface area contributed by atoms with Gasteiger partial charge in [0.25, 0.3) is 0 Å². The molecule has 34 heavy (non-hydrogen) atoms. The SMILES string of the molecule is CCCC(C)=O.NC(=O)CN1CCN(CC(=O)O)CCN(CC(=O)O)CCN(CC(=O)O)CC1. The predicted molar refractivity (Wildman–Crippen MR) is 123 cm³/mol. The molecule has 1 amide bonds. The molecule has 1 heterocycles. The number of Topliss-reactive ketones (excluding diaryl/α,β-unsaturated/α-hetero) is 1. The van der Waals surface area contributed by atoms with Crippen molar-refractivity contribution in [3.8, 4) is 0 Å². The molecule has 0 aliphatic carbocycles. The standard InChI is InChI=1S/C16H29N5O7.C5H10O/c17-13(22)9-18-1-3-19(10-14(23)24)5-7-21(12-16(27)28)8-6-20(4-2-18)11-15(25)26;1-3-4-5(2)6/h1-12H2,(H2,17,22)(H,23,24)(H,25,26)(H,27,28);3-4H2,1-2H3. The number of rotatable bonds is 10. The van der Waals surface area contributed by atoms with Gasteiger partial charge in [0.05, 0.1) is 26.2 Å². The zero-order valence-corrected chi connectivity index (χ0v) is 20.1. The Kier molecular flexibility index (Phi) is 16.4. The summed E-state index contributed by atoms with van der Waals surface area (Å²) in [4.78, 5) is 61.5. The summed E-state index contributed by atoms with van der Waals surface area (Å²) in [7, 11) is 0. The molecule has 1 saturated heterocycles. The molecule has 0 atom stereocenters. The third-order valence-corrected chi connectivity index (χ3v) is 4.99. The summed E-state index contributed by atoms with van der Waals surface area (Å²) >= 11 is 0. The molecule has 5 N–H and O–H groups in total. The van der Waals surface area contributed by atoms with Crippen LogP contribution in [-0.4, -0.2) is 143 Å². The maximum absolute atomic E-state index is 11.3. The Morgan fingerprint density at radius 2 is 0.882 bits per heavy atom. The lowest BCUT2D eigenvalue weighted by molar-refractivity contribution is -0.140. The molecular weight excluding hydrogens is 450 g/mol. The summed E-state index contributed by atoms with van der Waals surface area (Å²) < 4.78 is 0. The van der Waals surface area contributed by atoms with Crippen LogP contribution in [-0.2, 0) is 24.0 Å². The van der Waals surface area contributed by atoms with Gasteiger partial charge in [-0.1, -0.05) is 6.92 Å². The van der Waals surface area contributed by atoms with Crippen LogP contribution in [0.3, 0.4) is 0 Å². The molecule has 0 saturated carbocycles. The van der Waals surface area contributed by atoms with Gasteiger partial charge in [-0.15, -0.1) is 0 Å². The van der Waals surface area contributed by atoms with E-state index < -0.39 is 23.8 Å². The van der Waals surface area contributed by atoms with Crippen molar-refractivity contribution < 1.29 is 39.3 Å². The van der Waals surface area contributed by atoms with Crippen LogP contribution >= 0.6 is 0 Å². The first kappa shape index (κ1) is 31.4. The number of hydrogen-bond donors (Lipinski definition) is 4. The minimum Gasteiger partial charge on any atom is -0.480 e. The number of nitrogens with two attached hydrogens (primary N) is 1. The molecule has 1 fully saturated rings. The number of aliphatic carboxylic acids is 3. The molecule has 1 rings (SSSR count). The van der Waals surface area contributed by atoms with Crippen molar-refractivity contribution in [2.75, 3.05) is 78.5 Å². The fraction of sp³-hybridized carbons (Fsp3) is 0.762. The zero-order valence-electron chi connectivity index (χ0n) is 20.1. The van der Waals surface area contributed by atoms with Gasteiger partial charge in [0.1, 0.15) is 5.78 Å². The highest BCUT2D eigenvalue weighted by Gasteiger charge is 2.20. The number of amides is 1. The Hall–Kier alpha value is -2.61. The average molecular weight is 490 g/mol. The monoisotopic (exact) mass is 489 g/mol. The topological polar surface area (TPSA) is 185 Å². The average Bonchev–Trinajstić information content (AvgIpc) is 2.69. The zero-order chi connectivity index (χ0) is 26.1. The van der Waals surface area contributed by atoms with E-state index in [1.165, 1.54) is 0 Å². The van der Waals surface area contributed by atoms with E-state index >= 15 is 0 Å². The normalized spacial score (nSPS) is 17.5. The van der Waals surface area contributed by atoms with Crippen molar-refractivity contribution in [2.45, 2.75) is 26.7 Å². The van der Waals surface area contributed by atoms with Crippen LogP contribution in [0.15, 0.2) is 0 Å². The number of carboxylic acid groups (broad SMARTS) is 3. The summed E-state index contributed by atoms with van der Waals surface area (Å²) in [5.41, 5.74) is 5.28. The molecule has 0 radical (unpaired) electrons. The molecule has 196 valence electrons. The third kappa shape index (κ3) is 17.9. The van der Waals surface area contributed by atoms with Crippen molar-refractivity contribution >= 4 is 29.6 Å². The molecule has 13 heteroatoms. The van der Waals surface area contributed by atoms with Crippen molar-refractivity contribution in [1.82, 2.24) is 19.6 Å². The van der Waals surface area contributed by atoms with E-state index in [1.54, 1.807) is 26.5 Å². The van der Waals surface area contributed by atoms with Crippen LogP contribution in [0.5, 0.6) is 0 Å². The summed E-state index contributed by atoms with van der Waals surface area (Å²) in [5, 5.41) is 27.3. The minimum atomic E-state index is -1.01. The molecule has 1 aliphatic heterocycles. The van der Waals surface area contributed by atoms with E-state index in [1.807, 2.05) is 6.92 Å². The summed E-state index contributed by atoms with van der Waals surface area (Å²) in [6.45, 7) is 5.82. The summed E-state index contributed by atoms with van der Waals surface area (Å²) in [6.07, 6.45) is 1.72. The number of hydrogen-bond acceptors (Lipinski definition) is 9. The van der Waals surface area contributed by atoms with Crippen LogP contribution in [0.25, 0.3) is 0 Å². The molecule has 0 unspecified atom stereocenters. The first-order valence-electron chi connectivity index (χ1n) is 11.2. The van der Waals surface area contributed by atoms with Gasteiger partial charge in [-0.05, 0) is 13.3 Å². The molecule has 0 bridgehead atoms. The predicted octanol–water partition coefficient (Wildman–Crippen LogP) is -1.68. The number of ketones is 1. The highest BCUT2D eigenvalue weighted by atomic mass is 16.4. The van der Waals surface area contributed by atoms with Gasteiger partial charge in [0.15, 0.2) is 0 Å². The Balaban J connectivity index is 0.00000160. The Bertz CT molecular complexity index is 564. The number of primary amides is 1. The maximum atomic E-state index is 11.3. The Morgan fingerprint density at radius 1 is 0.618 bits per heavy atom. The number of carbonyl (C=O) groups is 5. The second kappa shape index (κ2) is 17.8. The minimum absolute atomic E-state index is 0.00698. The fourth-order valence-corrected chi connectivity index (χ4v) is 3.36. The van der Waals surface area contributed by atoms with Crippen molar-refractivity contribution in [3.05, 3.63) is 0 Å². The van der Waals surface area contributed by atoms with Gasteiger partial charge in [-0.2, -0.15) is 0 Å². The van der Waals surface area contributed by atoms with E-state index in [9.17, 15) is 24.0 Å². The van der Waals surface area contributed by atoms with Crippen LogP contribution in [0.4, 0.5) is 0 Å². The smallest absolute Gasteiger partial charge is 0.317 e.